The molecule has 0 bridgehead atoms. The van der Waals surface area contributed by atoms with Gasteiger partial charge < -0.3 is 4.90 Å². The summed E-state index contributed by atoms with van der Waals surface area (Å²) in [6.07, 6.45) is 1.39. The van der Waals surface area contributed by atoms with Crippen molar-refractivity contribution in [2.24, 2.45) is 11.3 Å². The van der Waals surface area contributed by atoms with Gasteiger partial charge in [-0.2, -0.15) is 0 Å². The van der Waals surface area contributed by atoms with E-state index in [2.05, 4.69) is 32.7 Å². The van der Waals surface area contributed by atoms with E-state index < -0.39 is 0 Å². The van der Waals surface area contributed by atoms with Crippen molar-refractivity contribution >= 4 is 0 Å². The summed E-state index contributed by atoms with van der Waals surface area (Å²) in [7, 11) is 2.22. The standard InChI is InChI=1S/C9H19N/c1-8-5-9(2,3)7-10(4)6-8/h8H,5-7H2,1-4H3/t8-/m1/s1. The Morgan fingerprint density at radius 2 is 2.00 bits per heavy atom. The van der Waals surface area contributed by atoms with E-state index in [0.717, 1.165) is 5.92 Å². The van der Waals surface area contributed by atoms with E-state index in [1.165, 1.54) is 19.5 Å². The summed E-state index contributed by atoms with van der Waals surface area (Å²) < 4.78 is 0. The van der Waals surface area contributed by atoms with Crippen LogP contribution in [0.25, 0.3) is 0 Å². The Labute approximate surface area is 64.4 Å². The topological polar surface area (TPSA) is 3.24 Å². The van der Waals surface area contributed by atoms with Crippen LogP contribution in [0.15, 0.2) is 0 Å². The fourth-order valence-corrected chi connectivity index (χ4v) is 2.40. The SMILES string of the molecule is C[C@H]1CN(C)CC(C)(C)C1. The van der Waals surface area contributed by atoms with Gasteiger partial charge in [-0.15, -0.1) is 0 Å². The maximum absolute atomic E-state index is 2.44. The van der Waals surface area contributed by atoms with E-state index in [4.69, 9.17) is 0 Å². The summed E-state index contributed by atoms with van der Waals surface area (Å²) in [5, 5.41) is 0. The molecule has 1 fully saturated rings. The minimum absolute atomic E-state index is 0.548. The van der Waals surface area contributed by atoms with E-state index in [1.807, 2.05) is 0 Å². The Hall–Kier alpha value is -0.0400. The van der Waals surface area contributed by atoms with Crippen molar-refractivity contribution < 1.29 is 0 Å². The zero-order valence-corrected chi connectivity index (χ0v) is 7.65. The fraction of sp³-hybridized carbons (Fsp3) is 1.00. The van der Waals surface area contributed by atoms with Gasteiger partial charge in [0.1, 0.15) is 0 Å². The Balaban J connectivity index is 2.51. The van der Waals surface area contributed by atoms with E-state index in [1.54, 1.807) is 0 Å². The molecule has 0 unspecified atom stereocenters. The molecule has 1 rings (SSSR count). The van der Waals surface area contributed by atoms with Crippen molar-refractivity contribution in [2.75, 3.05) is 20.1 Å². The molecule has 1 nitrogen and oxygen atoms in total. The predicted molar refractivity (Wildman–Crippen MR) is 45.1 cm³/mol. The lowest BCUT2D eigenvalue weighted by molar-refractivity contribution is 0.101. The van der Waals surface area contributed by atoms with Gasteiger partial charge >= 0.3 is 0 Å². The van der Waals surface area contributed by atoms with Crippen molar-refractivity contribution in [3.05, 3.63) is 0 Å². The van der Waals surface area contributed by atoms with Gasteiger partial charge in [0.15, 0.2) is 0 Å². The van der Waals surface area contributed by atoms with Crippen LogP contribution in [0.4, 0.5) is 0 Å². The number of hydrogen-bond donors (Lipinski definition) is 0. The molecule has 0 aromatic heterocycles. The van der Waals surface area contributed by atoms with Crippen LogP contribution in [-0.2, 0) is 0 Å². The molecular formula is C9H19N. The molecule has 0 amide bonds. The molecule has 1 aliphatic heterocycles. The molecule has 60 valence electrons. The number of likely N-dealkylation sites (tertiary alicyclic amines) is 1. The lowest BCUT2D eigenvalue weighted by atomic mass is 9.79. The first kappa shape index (κ1) is 8.06. The lowest BCUT2D eigenvalue weighted by Gasteiger charge is -2.39. The van der Waals surface area contributed by atoms with Crippen LogP contribution in [0.1, 0.15) is 27.2 Å². The third-order valence-electron chi connectivity index (χ3n) is 2.22. The van der Waals surface area contributed by atoms with Crippen LogP contribution < -0.4 is 0 Å². The molecule has 0 spiro atoms. The van der Waals surface area contributed by atoms with Crippen molar-refractivity contribution in [3.63, 3.8) is 0 Å². The van der Waals surface area contributed by atoms with E-state index in [9.17, 15) is 0 Å². The zero-order chi connectivity index (χ0) is 7.78. The maximum atomic E-state index is 2.44. The summed E-state index contributed by atoms with van der Waals surface area (Å²) in [4.78, 5) is 2.44. The number of rotatable bonds is 0. The van der Waals surface area contributed by atoms with Crippen LogP contribution >= 0.6 is 0 Å². The van der Waals surface area contributed by atoms with Crippen LogP contribution in [0.5, 0.6) is 0 Å². The van der Waals surface area contributed by atoms with Gasteiger partial charge in [0.25, 0.3) is 0 Å². The molecule has 1 heterocycles. The Bertz CT molecular complexity index is 106. The van der Waals surface area contributed by atoms with Gasteiger partial charge in [-0.05, 0) is 24.8 Å². The Morgan fingerprint density at radius 1 is 1.40 bits per heavy atom. The highest BCUT2D eigenvalue weighted by Gasteiger charge is 2.28. The van der Waals surface area contributed by atoms with Crippen LogP contribution in [0.2, 0.25) is 0 Å². The zero-order valence-electron chi connectivity index (χ0n) is 7.65. The minimum Gasteiger partial charge on any atom is -0.306 e. The van der Waals surface area contributed by atoms with Crippen molar-refractivity contribution in [3.8, 4) is 0 Å². The first-order chi connectivity index (χ1) is 4.49. The molecule has 0 aliphatic carbocycles. The number of piperidine rings is 1. The lowest BCUT2D eigenvalue weighted by Crippen LogP contribution is -2.41. The molecule has 1 saturated heterocycles. The normalized spacial score (nSPS) is 34.2. The largest absolute Gasteiger partial charge is 0.306 e. The van der Waals surface area contributed by atoms with Gasteiger partial charge in [0, 0.05) is 13.1 Å². The highest BCUT2D eigenvalue weighted by atomic mass is 15.1. The first-order valence-corrected chi connectivity index (χ1v) is 4.18. The second kappa shape index (κ2) is 2.54. The molecule has 1 aliphatic rings. The Kier molecular flexibility index (Phi) is 2.04. The fourth-order valence-electron chi connectivity index (χ4n) is 2.40. The van der Waals surface area contributed by atoms with E-state index in [-0.39, 0.29) is 0 Å². The second-order valence-corrected chi connectivity index (χ2v) is 4.67. The molecule has 1 atom stereocenters. The smallest absolute Gasteiger partial charge is 0.00299 e. The summed E-state index contributed by atoms with van der Waals surface area (Å²) in [5.41, 5.74) is 0.548. The van der Waals surface area contributed by atoms with E-state index >= 15 is 0 Å². The molecule has 0 radical (unpaired) electrons. The van der Waals surface area contributed by atoms with Gasteiger partial charge in [-0.25, -0.2) is 0 Å². The van der Waals surface area contributed by atoms with Gasteiger partial charge in [-0.1, -0.05) is 20.8 Å². The minimum atomic E-state index is 0.548. The summed E-state index contributed by atoms with van der Waals surface area (Å²) in [5.74, 6) is 0.883. The second-order valence-electron chi connectivity index (χ2n) is 4.67. The van der Waals surface area contributed by atoms with Crippen LogP contribution in [0, 0.1) is 11.3 Å². The summed E-state index contributed by atoms with van der Waals surface area (Å²) in [6.45, 7) is 9.61. The van der Waals surface area contributed by atoms with Gasteiger partial charge in [0.05, 0.1) is 0 Å². The highest BCUT2D eigenvalue weighted by molar-refractivity contribution is 4.81. The van der Waals surface area contributed by atoms with Gasteiger partial charge in [0.2, 0.25) is 0 Å². The van der Waals surface area contributed by atoms with E-state index in [0.29, 0.717) is 5.41 Å². The molecular weight excluding hydrogens is 122 g/mol. The Morgan fingerprint density at radius 3 is 2.40 bits per heavy atom. The summed E-state index contributed by atoms with van der Waals surface area (Å²) >= 11 is 0. The van der Waals surface area contributed by atoms with Crippen molar-refractivity contribution in [1.82, 2.24) is 4.90 Å². The number of nitrogens with zero attached hydrogens (tertiary/aromatic N) is 1. The molecule has 10 heavy (non-hydrogen) atoms. The molecule has 0 N–H and O–H groups in total. The van der Waals surface area contributed by atoms with Gasteiger partial charge in [-0.3, -0.25) is 0 Å². The van der Waals surface area contributed by atoms with Crippen molar-refractivity contribution in [2.45, 2.75) is 27.2 Å². The van der Waals surface area contributed by atoms with Crippen LogP contribution in [0.3, 0.4) is 0 Å². The average Bonchev–Trinajstić information content (AvgIpc) is 1.54. The maximum Gasteiger partial charge on any atom is 0.00299 e. The van der Waals surface area contributed by atoms with Crippen LogP contribution in [-0.4, -0.2) is 25.0 Å². The van der Waals surface area contributed by atoms with Crippen molar-refractivity contribution in [1.29, 1.82) is 0 Å². The first-order valence-electron chi connectivity index (χ1n) is 4.18. The molecule has 0 saturated carbocycles. The quantitative estimate of drug-likeness (QED) is 0.498. The summed E-state index contributed by atoms with van der Waals surface area (Å²) in [6, 6.07) is 0. The number of hydrogen-bond acceptors (Lipinski definition) is 1. The molecule has 0 aromatic carbocycles. The average molecular weight is 141 g/mol. The third-order valence-corrected chi connectivity index (χ3v) is 2.22. The monoisotopic (exact) mass is 141 g/mol. The highest BCUT2D eigenvalue weighted by Crippen LogP contribution is 2.30. The predicted octanol–water partition coefficient (Wildman–Crippen LogP) is 1.98. The molecule has 0 aromatic rings. The third kappa shape index (κ3) is 1.98. The molecule has 1 heteroatoms.